The van der Waals surface area contributed by atoms with Gasteiger partial charge in [-0.1, -0.05) is 18.2 Å². The minimum absolute atomic E-state index is 0.0339. The predicted molar refractivity (Wildman–Crippen MR) is 64.1 cm³/mol. The first-order valence-electron chi connectivity index (χ1n) is 5.24. The molecule has 0 bridgehead atoms. The normalized spacial score (nSPS) is 11.4. The summed E-state index contributed by atoms with van der Waals surface area (Å²) in [5, 5.41) is 11.4. The molecule has 2 heterocycles. The van der Waals surface area contributed by atoms with Crippen LogP contribution in [0.4, 0.5) is 0 Å². The number of aryl methyl sites for hydroxylation is 1. The maximum Gasteiger partial charge on any atom is 0.140 e. The van der Waals surface area contributed by atoms with Crippen molar-refractivity contribution in [2.45, 2.75) is 6.61 Å². The van der Waals surface area contributed by atoms with Gasteiger partial charge in [0.25, 0.3) is 0 Å². The highest BCUT2D eigenvalue weighted by Crippen LogP contribution is 2.26. The van der Waals surface area contributed by atoms with Gasteiger partial charge in [-0.05, 0) is 17.7 Å². The van der Waals surface area contributed by atoms with Crippen LogP contribution in [0.15, 0.2) is 36.5 Å². The first kappa shape index (κ1) is 9.36. The van der Waals surface area contributed by atoms with Crippen molar-refractivity contribution in [1.82, 2.24) is 9.55 Å². The lowest BCUT2D eigenvalue weighted by Crippen LogP contribution is -1.90. The first-order chi connectivity index (χ1) is 7.81. The van der Waals surface area contributed by atoms with Crippen LogP contribution in [-0.2, 0) is 13.7 Å². The van der Waals surface area contributed by atoms with Gasteiger partial charge in [0, 0.05) is 24.0 Å². The molecule has 0 saturated heterocycles. The quantitative estimate of drug-likeness (QED) is 0.671. The molecule has 0 aliphatic heterocycles. The molecule has 2 aromatic heterocycles. The van der Waals surface area contributed by atoms with Crippen molar-refractivity contribution in [3.63, 3.8) is 0 Å². The van der Waals surface area contributed by atoms with Gasteiger partial charge < -0.3 is 9.67 Å². The van der Waals surface area contributed by atoms with Crippen LogP contribution in [0.3, 0.4) is 0 Å². The van der Waals surface area contributed by atoms with Crippen LogP contribution < -0.4 is 0 Å². The molecule has 1 N–H and O–H groups in total. The topological polar surface area (TPSA) is 38.0 Å². The van der Waals surface area contributed by atoms with Crippen molar-refractivity contribution in [2.24, 2.45) is 7.05 Å². The zero-order chi connectivity index (χ0) is 11.1. The number of aromatic nitrogens is 2. The Bertz CT molecular complexity index is 670. The van der Waals surface area contributed by atoms with Crippen LogP contribution in [0.5, 0.6) is 0 Å². The van der Waals surface area contributed by atoms with E-state index in [0.29, 0.717) is 0 Å². The summed E-state index contributed by atoms with van der Waals surface area (Å²) in [5.41, 5.74) is 2.97. The minimum atomic E-state index is 0.0339. The third kappa shape index (κ3) is 1.15. The smallest absolute Gasteiger partial charge is 0.140 e. The number of hydrogen-bond donors (Lipinski definition) is 1. The van der Waals surface area contributed by atoms with Gasteiger partial charge in [-0.2, -0.15) is 0 Å². The number of para-hydroxylation sites is 1. The van der Waals surface area contributed by atoms with Crippen LogP contribution in [0.25, 0.3) is 21.9 Å². The molecule has 3 rings (SSSR count). The Balaban J connectivity index is 2.52. The Hall–Kier alpha value is -1.87. The van der Waals surface area contributed by atoms with Crippen LogP contribution in [0.2, 0.25) is 0 Å². The predicted octanol–water partition coefficient (Wildman–Crippen LogP) is 2.22. The second kappa shape index (κ2) is 3.32. The molecule has 16 heavy (non-hydrogen) atoms. The molecule has 0 radical (unpaired) electrons. The molecule has 1 aromatic carbocycles. The molecule has 0 fully saturated rings. The molecule has 0 aliphatic carbocycles. The summed E-state index contributed by atoms with van der Waals surface area (Å²) in [6, 6.07) is 10.2. The monoisotopic (exact) mass is 212 g/mol. The third-order valence-electron chi connectivity index (χ3n) is 2.98. The van der Waals surface area contributed by atoms with E-state index in [9.17, 15) is 0 Å². The Kier molecular flexibility index (Phi) is 1.94. The minimum Gasteiger partial charge on any atom is -0.392 e. The standard InChI is InChI=1S/C13H12N2O/c1-15-12-5-3-2-4-10(12)11-6-9(8-16)7-14-13(11)15/h2-7,16H,8H2,1H3. The van der Waals surface area contributed by atoms with Gasteiger partial charge in [-0.3, -0.25) is 0 Å². The number of hydrogen-bond acceptors (Lipinski definition) is 2. The van der Waals surface area contributed by atoms with Gasteiger partial charge in [0.15, 0.2) is 0 Å². The number of fused-ring (bicyclic) bond motifs is 3. The van der Waals surface area contributed by atoms with Crippen molar-refractivity contribution in [2.75, 3.05) is 0 Å². The molecule has 80 valence electrons. The number of pyridine rings is 1. The van der Waals surface area contributed by atoms with Gasteiger partial charge in [0.2, 0.25) is 0 Å². The maximum atomic E-state index is 9.13. The van der Waals surface area contributed by atoms with Gasteiger partial charge in [0.05, 0.1) is 12.1 Å². The molecule has 0 atom stereocenters. The Morgan fingerprint density at radius 2 is 2.06 bits per heavy atom. The molecule has 0 amide bonds. The fraction of sp³-hybridized carbons (Fsp3) is 0.154. The SMILES string of the molecule is Cn1c2ccccc2c2cc(CO)cnc21. The molecular formula is C13H12N2O. The summed E-state index contributed by atoms with van der Waals surface area (Å²) in [7, 11) is 2.01. The van der Waals surface area contributed by atoms with E-state index in [1.807, 2.05) is 25.2 Å². The van der Waals surface area contributed by atoms with Crippen molar-refractivity contribution in [3.8, 4) is 0 Å². The maximum absolute atomic E-state index is 9.13. The summed E-state index contributed by atoms with van der Waals surface area (Å²) in [5.74, 6) is 0. The van der Waals surface area contributed by atoms with E-state index in [0.717, 1.165) is 16.6 Å². The van der Waals surface area contributed by atoms with Crippen LogP contribution >= 0.6 is 0 Å². The van der Waals surface area contributed by atoms with Crippen LogP contribution in [-0.4, -0.2) is 14.7 Å². The lowest BCUT2D eigenvalue weighted by atomic mass is 10.1. The first-order valence-corrected chi connectivity index (χ1v) is 5.24. The van der Waals surface area contributed by atoms with Gasteiger partial charge in [-0.15, -0.1) is 0 Å². The third-order valence-corrected chi connectivity index (χ3v) is 2.98. The zero-order valence-corrected chi connectivity index (χ0v) is 9.01. The lowest BCUT2D eigenvalue weighted by Gasteiger charge is -1.97. The Labute approximate surface area is 93.0 Å². The van der Waals surface area contributed by atoms with E-state index < -0.39 is 0 Å². The van der Waals surface area contributed by atoms with Crippen LogP contribution in [0, 0.1) is 0 Å². The summed E-state index contributed by atoms with van der Waals surface area (Å²) in [6.07, 6.45) is 1.72. The second-order valence-electron chi connectivity index (χ2n) is 3.95. The number of benzene rings is 1. The van der Waals surface area contributed by atoms with Crippen molar-refractivity contribution < 1.29 is 5.11 Å². The van der Waals surface area contributed by atoms with E-state index >= 15 is 0 Å². The number of nitrogens with zero attached hydrogens (tertiary/aromatic N) is 2. The van der Waals surface area contributed by atoms with E-state index in [1.54, 1.807) is 6.20 Å². The number of rotatable bonds is 1. The molecule has 0 spiro atoms. The summed E-state index contributed by atoms with van der Waals surface area (Å²) >= 11 is 0. The van der Waals surface area contributed by atoms with Crippen molar-refractivity contribution in [3.05, 3.63) is 42.1 Å². The van der Waals surface area contributed by atoms with Gasteiger partial charge in [-0.25, -0.2) is 4.98 Å². The van der Waals surface area contributed by atoms with Crippen molar-refractivity contribution >= 4 is 21.9 Å². The van der Waals surface area contributed by atoms with E-state index in [2.05, 4.69) is 21.7 Å². The van der Waals surface area contributed by atoms with E-state index in [1.165, 1.54) is 10.9 Å². The highest BCUT2D eigenvalue weighted by atomic mass is 16.3. The van der Waals surface area contributed by atoms with Crippen LogP contribution in [0.1, 0.15) is 5.56 Å². The van der Waals surface area contributed by atoms with E-state index in [4.69, 9.17) is 5.11 Å². The summed E-state index contributed by atoms with van der Waals surface area (Å²) < 4.78 is 2.08. The van der Waals surface area contributed by atoms with E-state index in [-0.39, 0.29) is 6.61 Å². The second-order valence-corrected chi connectivity index (χ2v) is 3.95. The zero-order valence-electron chi connectivity index (χ0n) is 9.01. The Morgan fingerprint density at radius 1 is 1.25 bits per heavy atom. The largest absolute Gasteiger partial charge is 0.392 e. The molecule has 0 unspecified atom stereocenters. The number of aliphatic hydroxyl groups is 1. The summed E-state index contributed by atoms with van der Waals surface area (Å²) in [4.78, 5) is 4.39. The molecule has 3 heteroatoms. The van der Waals surface area contributed by atoms with Gasteiger partial charge in [0.1, 0.15) is 5.65 Å². The number of aliphatic hydroxyl groups excluding tert-OH is 1. The average Bonchev–Trinajstić information content (AvgIpc) is 2.64. The molecule has 0 aliphatic rings. The van der Waals surface area contributed by atoms with Crippen molar-refractivity contribution in [1.29, 1.82) is 0 Å². The lowest BCUT2D eigenvalue weighted by molar-refractivity contribution is 0.281. The van der Waals surface area contributed by atoms with Gasteiger partial charge >= 0.3 is 0 Å². The molecular weight excluding hydrogens is 200 g/mol. The fourth-order valence-electron chi connectivity index (χ4n) is 2.16. The molecule has 3 nitrogen and oxygen atoms in total. The molecule has 0 saturated carbocycles. The fourth-order valence-corrected chi connectivity index (χ4v) is 2.16. The average molecular weight is 212 g/mol. The highest BCUT2D eigenvalue weighted by Gasteiger charge is 2.08. The Morgan fingerprint density at radius 3 is 2.88 bits per heavy atom. The summed E-state index contributed by atoms with van der Waals surface area (Å²) in [6.45, 7) is 0.0339. The highest BCUT2D eigenvalue weighted by molar-refractivity contribution is 6.06. The molecule has 3 aromatic rings.